The van der Waals surface area contributed by atoms with Gasteiger partial charge in [0.1, 0.15) is 0 Å². The third-order valence-electron chi connectivity index (χ3n) is 2.83. The van der Waals surface area contributed by atoms with Gasteiger partial charge in [0.05, 0.1) is 13.2 Å². The van der Waals surface area contributed by atoms with Crippen LogP contribution in [-0.4, -0.2) is 10.2 Å². The average molecular weight is 276 g/mol. The summed E-state index contributed by atoms with van der Waals surface area (Å²) in [5, 5.41) is 18.7. The van der Waals surface area contributed by atoms with Crippen molar-refractivity contribution >= 4 is 23.5 Å². The summed E-state index contributed by atoms with van der Waals surface area (Å²) >= 11 is 3.39. The molecule has 0 spiro atoms. The number of fused-ring (bicyclic) bond motifs is 2. The van der Waals surface area contributed by atoms with Gasteiger partial charge in [0.15, 0.2) is 0 Å². The summed E-state index contributed by atoms with van der Waals surface area (Å²) in [5.74, 6) is 0. The summed E-state index contributed by atoms with van der Waals surface area (Å²) in [6, 6.07) is 12.1. The Kier molecular flexibility index (Phi) is 3.35. The highest BCUT2D eigenvalue weighted by Crippen LogP contribution is 2.49. The Morgan fingerprint density at radius 1 is 0.833 bits per heavy atom. The number of aliphatic hydroxyl groups excluding tert-OH is 2. The monoisotopic (exact) mass is 276 g/mol. The Morgan fingerprint density at radius 3 is 2.22 bits per heavy atom. The van der Waals surface area contributed by atoms with Crippen molar-refractivity contribution in [3.8, 4) is 0 Å². The van der Waals surface area contributed by atoms with Crippen molar-refractivity contribution in [2.24, 2.45) is 0 Å². The third-order valence-corrected chi connectivity index (χ3v) is 5.46. The van der Waals surface area contributed by atoms with Crippen molar-refractivity contribution in [3.63, 3.8) is 0 Å². The minimum absolute atomic E-state index is 0.00585. The summed E-state index contributed by atoms with van der Waals surface area (Å²) in [6.07, 6.45) is 0. The van der Waals surface area contributed by atoms with E-state index in [2.05, 4.69) is 12.1 Å². The van der Waals surface area contributed by atoms with Gasteiger partial charge in [-0.15, -0.1) is 0 Å². The lowest BCUT2D eigenvalue weighted by Crippen LogP contribution is -1.98. The number of rotatable bonds is 2. The van der Waals surface area contributed by atoms with Crippen molar-refractivity contribution < 1.29 is 10.2 Å². The fraction of sp³-hybridized carbons (Fsp3) is 0.143. The van der Waals surface area contributed by atoms with Crippen LogP contribution >= 0.6 is 23.5 Å². The predicted molar refractivity (Wildman–Crippen MR) is 73.0 cm³/mol. The standard InChI is InChI=1S/C14H12O2S2/c15-7-9-5-10(8-16)14-13(6-9)17-11-3-1-2-4-12(11)18-14/h1-6,15-16H,7-8H2. The molecule has 2 aromatic rings. The Hall–Kier alpha value is -0.940. The molecule has 18 heavy (non-hydrogen) atoms. The fourth-order valence-corrected chi connectivity index (χ4v) is 4.41. The average Bonchev–Trinajstić information content (AvgIpc) is 2.43. The van der Waals surface area contributed by atoms with Gasteiger partial charge in [-0.05, 0) is 35.4 Å². The molecular weight excluding hydrogens is 264 g/mol. The van der Waals surface area contributed by atoms with E-state index in [1.54, 1.807) is 23.5 Å². The van der Waals surface area contributed by atoms with Crippen LogP contribution in [0, 0.1) is 0 Å². The molecule has 1 aliphatic rings. The first-order valence-electron chi connectivity index (χ1n) is 5.64. The highest BCUT2D eigenvalue weighted by molar-refractivity contribution is 8.05. The molecule has 2 aromatic carbocycles. The zero-order chi connectivity index (χ0) is 12.5. The van der Waals surface area contributed by atoms with Gasteiger partial charge in [0, 0.05) is 19.6 Å². The predicted octanol–water partition coefficient (Wildman–Crippen LogP) is 3.29. The first kappa shape index (κ1) is 12.1. The van der Waals surface area contributed by atoms with Crippen molar-refractivity contribution in [2.75, 3.05) is 0 Å². The van der Waals surface area contributed by atoms with Gasteiger partial charge in [0.2, 0.25) is 0 Å². The maximum atomic E-state index is 9.46. The summed E-state index contributed by atoms with van der Waals surface area (Å²) in [5.41, 5.74) is 1.74. The Morgan fingerprint density at radius 2 is 1.56 bits per heavy atom. The topological polar surface area (TPSA) is 40.5 Å². The van der Waals surface area contributed by atoms with Gasteiger partial charge in [0.25, 0.3) is 0 Å². The van der Waals surface area contributed by atoms with E-state index in [4.69, 9.17) is 0 Å². The lowest BCUT2D eigenvalue weighted by Gasteiger charge is -2.21. The lowest BCUT2D eigenvalue weighted by atomic mass is 10.1. The van der Waals surface area contributed by atoms with E-state index in [9.17, 15) is 10.2 Å². The van der Waals surface area contributed by atoms with Gasteiger partial charge in [-0.1, -0.05) is 35.7 Å². The van der Waals surface area contributed by atoms with Crippen molar-refractivity contribution in [3.05, 3.63) is 47.5 Å². The number of benzene rings is 2. The molecule has 0 saturated heterocycles. The molecule has 1 heterocycles. The zero-order valence-corrected chi connectivity index (χ0v) is 11.2. The minimum atomic E-state index is 0.00585. The van der Waals surface area contributed by atoms with Gasteiger partial charge in [-0.2, -0.15) is 0 Å². The van der Waals surface area contributed by atoms with Crippen molar-refractivity contribution in [1.82, 2.24) is 0 Å². The van der Waals surface area contributed by atoms with Crippen LogP contribution in [0.5, 0.6) is 0 Å². The van der Waals surface area contributed by atoms with Gasteiger partial charge in [-0.3, -0.25) is 0 Å². The molecule has 0 fully saturated rings. The SMILES string of the molecule is OCc1cc(CO)c2c(c1)Sc1ccccc1S2. The summed E-state index contributed by atoms with van der Waals surface area (Å²) in [4.78, 5) is 4.68. The highest BCUT2D eigenvalue weighted by Gasteiger charge is 2.20. The molecule has 4 heteroatoms. The van der Waals surface area contributed by atoms with Crippen LogP contribution in [0.1, 0.15) is 11.1 Å². The first-order valence-corrected chi connectivity index (χ1v) is 7.27. The molecule has 0 radical (unpaired) electrons. The highest BCUT2D eigenvalue weighted by atomic mass is 32.2. The maximum absolute atomic E-state index is 9.46. The molecule has 0 aliphatic carbocycles. The van der Waals surface area contributed by atoms with Crippen LogP contribution in [0.15, 0.2) is 56.0 Å². The van der Waals surface area contributed by atoms with E-state index >= 15 is 0 Å². The quantitative estimate of drug-likeness (QED) is 0.753. The fourth-order valence-electron chi connectivity index (χ4n) is 1.97. The smallest absolute Gasteiger partial charge is 0.0693 e. The molecule has 3 rings (SSSR count). The number of hydrogen-bond donors (Lipinski definition) is 2. The van der Waals surface area contributed by atoms with Crippen LogP contribution in [-0.2, 0) is 13.2 Å². The second-order valence-corrected chi connectivity index (χ2v) is 6.19. The molecule has 0 amide bonds. The molecule has 2 N–H and O–H groups in total. The molecule has 0 aromatic heterocycles. The van der Waals surface area contributed by atoms with E-state index < -0.39 is 0 Å². The normalized spacial score (nSPS) is 13.0. The van der Waals surface area contributed by atoms with E-state index in [0.29, 0.717) is 0 Å². The van der Waals surface area contributed by atoms with E-state index in [0.717, 1.165) is 20.9 Å². The largest absolute Gasteiger partial charge is 0.392 e. The summed E-state index contributed by atoms with van der Waals surface area (Å²) in [6.45, 7) is 0.0130. The molecule has 0 unspecified atom stereocenters. The van der Waals surface area contributed by atoms with Crippen molar-refractivity contribution in [1.29, 1.82) is 0 Å². The second-order valence-electron chi connectivity index (χ2n) is 4.05. The molecular formula is C14H12O2S2. The Bertz CT molecular complexity index is 596. The Balaban J connectivity index is 2.11. The summed E-state index contributed by atoms with van der Waals surface area (Å²) in [7, 11) is 0. The molecule has 1 aliphatic heterocycles. The first-order chi connectivity index (χ1) is 8.81. The molecule has 92 valence electrons. The number of aliphatic hydroxyl groups is 2. The number of hydrogen-bond acceptors (Lipinski definition) is 4. The van der Waals surface area contributed by atoms with E-state index in [1.165, 1.54) is 9.79 Å². The second kappa shape index (κ2) is 4.97. The molecule has 0 saturated carbocycles. The third kappa shape index (κ3) is 2.06. The van der Waals surface area contributed by atoms with E-state index in [1.807, 2.05) is 24.3 Å². The zero-order valence-electron chi connectivity index (χ0n) is 9.59. The minimum Gasteiger partial charge on any atom is -0.392 e. The van der Waals surface area contributed by atoms with Crippen LogP contribution in [0.2, 0.25) is 0 Å². The molecule has 0 atom stereocenters. The lowest BCUT2D eigenvalue weighted by molar-refractivity contribution is 0.272. The van der Waals surface area contributed by atoms with Crippen molar-refractivity contribution in [2.45, 2.75) is 32.8 Å². The Labute approximate surface area is 114 Å². The molecule has 2 nitrogen and oxygen atoms in total. The van der Waals surface area contributed by atoms with E-state index in [-0.39, 0.29) is 13.2 Å². The van der Waals surface area contributed by atoms with Gasteiger partial charge < -0.3 is 10.2 Å². The van der Waals surface area contributed by atoms with Crippen LogP contribution in [0.4, 0.5) is 0 Å². The van der Waals surface area contributed by atoms with Gasteiger partial charge in [-0.25, -0.2) is 0 Å². The molecule has 0 bridgehead atoms. The van der Waals surface area contributed by atoms with Crippen LogP contribution in [0.25, 0.3) is 0 Å². The summed E-state index contributed by atoms with van der Waals surface area (Å²) < 4.78 is 0. The van der Waals surface area contributed by atoms with Crippen LogP contribution in [0.3, 0.4) is 0 Å². The van der Waals surface area contributed by atoms with Gasteiger partial charge >= 0.3 is 0 Å². The maximum Gasteiger partial charge on any atom is 0.0693 e. The van der Waals surface area contributed by atoms with Crippen LogP contribution < -0.4 is 0 Å².